The predicted molar refractivity (Wildman–Crippen MR) is 52.4 cm³/mol. The molecule has 0 aromatic carbocycles. The summed E-state index contributed by atoms with van der Waals surface area (Å²) in [6.07, 6.45) is 0. The van der Waals surface area contributed by atoms with E-state index in [9.17, 15) is 4.79 Å². The van der Waals surface area contributed by atoms with Crippen LogP contribution in [0.1, 0.15) is 20.8 Å². The molecule has 4 nitrogen and oxygen atoms in total. The summed E-state index contributed by atoms with van der Waals surface area (Å²) in [6.45, 7) is 6.86. The number of carbonyl (C=O) groups is 1. The van der Waals surface area contributed by atoms with Crippen LogP contribution in [0.25, 0.3) is 0 Å². The molecule has 4 heteroatoms. The molecule has 0 spiro atoms. The van der Waals surface area contributed by atoms with Gasteiger partial charge in [-0.15, -0.1) is 0 Å². The maximum Gasteiger partial charge on any atom is 0.242 e. The molecule has 0 radical (unpaired) electrons. The van der Waals surface area contributed by atoms with Gasteiger partial charge in [-0.05, 0) is 20.8 Å². The number of ether oxygens (including phenoxy) is 1. The van der Waals surface area contributed by atoms with E-state index in [0.29, 0.717) is 6.54 Å². The van der Waals surface area contributed by atoms with Gasteiger partial charge in [0.1, 0.15) is 6.04 Å². The third-order valence-electron chi connectivity index (χ3n) is 1.91. The Labute approximate surface area is 80.0 Å². The second-order valence-corrected chi connectivity index (χ2v) is 3.28. The highest BCUT2D eigenvalue weighted by molar-refractivity contribution is 5.82. The van der Waals surface area contributed by atoms with Crippen LogP contribution >= 0.6 is 0 Å². The van der Waals surface area contributed by atoms with Gasteiger partial charge in [-0.3, -0.25) is 4.79 Å². The van der Waals surface area contributed by atoms with Crippen molar-refractivity contribution in [1.82, 2.24) is 4.90 Å². The van der Waals surface area contributed by atoms with Crippen molar-refractivity contribution in [2.75, 3.05) is 20.3 Å². The van der Waals surface area contributed by atoms with E-state index in [1.54, 1.807) is 12.0 Å². The number of rotatable bonds is 5. The standard InChI is InChI=1S/C9H20N2O2/c1-5-11(7(2)3)9(12)8(10)6-13-4/h7-8H,5-6,10H2,1-4H3. The highest BCUT2D eigenvalue weighted by Crippen LogP contribution is 2.00. The van der Waals surface area contributed by atoms with Crippen molar-refractivity contribution >= 4 is 5.91 Å². The molecule has 0 saturated carbocycles. The van der Waals surface area contributed by atoms with Crippen LogP contribution < -0.4 is 5.73 Å². The minimum Gasteiger partial charge on any atom is -0.383 e. The van der Waals surface area contributed by atoms with E-state index in [-0.39, 0.29) is 18.6 Å². The van der Waals surface area contributed by atoms with Crippen LogP contribution in [-0.4, -0.2) is 43.2 Å². The third kappa shape index (κ3) is 3.74. The lowest BCUT2D eigenvalue weighted by Crippen LogP contribution is -2.48. The number of hydrogen-bond donors (Lipinski definition) is 1. The third-order valence-corrected chi connectivity index (χ3v) is 1.91. The molecule has 0 heterocycles. The molecule has 78 valence electrons. The molecule has 2 N–H and O–H groups in total. The zero-order valence-corrected chi connectivity index (χ0v) is 8.91. The summed E-state index contributed by atoms with van der Waals surface area (Å²) in [7, 11) is 1.54. The van der Waals surface area contributed by atoms with Crippen LogP contribution in [-0.2, 0) is 9.53 Å². The molecule has 0 aliphatic rings. The molecular weight excluding hydrogens is 168 g/mol. The van der Waals surface area contributed by atoms with Crippen molar-refractivity contribution in [2.24, 2.45) is 5.73 Å². The van der Waals surface area contributed by atoms with E-state index in [1.807, 2.05) is 20.8 Å². The lowest BCUT2D eigenvalue weighted by molar-refractivity contribution is -0.135. The molecule has 0 aromatic rings. The van der Waals surface area contributed by atoms with Crippen LogP contribution in [0.15, 0.2) is 0 Å². The largest absolute Gasteiger partial charge is 0.383 e. The Balaban J connectivity index is 4.19. The number of hydrogen-bond acceptors (Lipinski definition) is 3. The molecule has 0 saturated heterocycles. The van der Waals surface area contributed by atoms with Gasteiger partial charge >= 0.3 is 0 Å². The van der Waals surface area contributed by atoms with Crippen molar-refractivity contribution in [1.29, 1.82) is 0 Å². The van der Waals surface area contributed by atoms with Gasteiger partial charge in [-0.2, -0.15) is 0 Å². The molecule has 0 bridgehead atoms. The summed E-state index contributed by atoms with van der Waals surface area (Å²) in [5.41, 5.74) is 5.63. The molecule has 0 aliphatic heterocycles. The van der Waals surface area contributed by atoms with Crippen LogP contribution in [0.4, 0.5) is 0 Å². The molecule has 13 heavy (non-hydrogen) atoms. The summed E-state index contributed by atoms with van der Waals surface area (Å²) < 4.78 is 4.83. The Morgan fingerprint density at radius 3 is 2.38 bits per heavy atom. The van der Waals surface area contributed by atoms with Gasteiger partial charge in [0.2, 0.25) is 5.91 Å². The van der Waals surface area contributed by atoms with Crippen molar-refractivity contribution in [3.05, 3.63) is 0 Å². The number of methoxy groups -OCH3 is 1. The van der Waals surface area contributed by atoms with Gasteiger partial charge < -0.3 is 15.4 Å². The first-order valence-electron chi connectivity index (χ1n) is 4.59. The quantitative estimate of drug-likeness (QED) is 0.671. The van der Waals surface area contributed by atoms with E-state index in [4.69, 9.17) is 10.5 Å². The second-order valence-electron chi connectivity index (χ2n) is 3.28. The number of nitrogens with two attached hydrogens (primary N) is 1. The fourth-order valence-corrected chi connectivity index (χ4v) is 1.24. The number of carbonyl (C=O) groups excluding carboxylic acids is 1. The van der Waals surface area contributed by atoms with Gasteiger partial charge in [-0.1, -0.05) is 0 Å². The number of amides is 1. The normalized spacial score (nSPS) is 13.1. The Morgan fingerprint density at radius 2 is 2.08 bits per heavy atom. The smallest absolute Gasteiger partial charge is 0.242 e. The first kappa shape index (κ1) is 12.4. The van der Waals surface area contributed by atoms with Gasteiger partial charge in [0.25, 0.3) is 0 Å². The lowest BCUT2D eigenvalue weighted by atomic mass is 10.2. The molecule has 0 rings (SSSR count). The van der Waals surface area contributed by atoms with E-state index in [2.05, 4.69) is 0 Å². The first-order valence-corrected chi connectivity index (χ1v) is 4.59. The first-order chi connectivity index (χ1) is 6.04. The average molecular weight is 188 g/mol. The fraction of sp³-hybridized carbons (Fsp3) is 0.889. The minimum absolute atomic E-state index is 0.0423. The second kappa shape index (κ2) is 5.94. The Kier molecular flexibility index (Phi) is 5.66. The zero-order valence-electron chi connectivity index (χ0n) is 8.91. The fourth-order valence-electron chi connectivity index (χ4n) is 1.24. The molecule has 0 aliphatic carbocycles. The Morgan fingerprint density at radius 1 is 1.54 bits per heavy atom. The van der Waals surface area contributed by atoms with Crippen LogP contribution in [0.5, 0.6) is 0 Å². The van der Waals surface area contributed by atoms with Crippen LogP contribution in [0.3, 0.4) is 0 Å². The summed E-state index contributed by atoms with van der Waals surface area (Å²) in [5, 5.41) is 0. The van der Waals surface area contributed by atoms with Crippen molar-refractivity contribution in [3.63, 3.8) is 0 Å². The van der Waals surface area contributed by atoms with Gasteiger partial charge in [0.05, 0.1) is 6.61 Å². The van der Waals surface area contributed by atoms with Gasteiger partial charge in [0.15, 0.2) is 0 Å². The SMILES string of the molecule is CCN(C(=O)C(N)COC)C(C)C. The predicted octanol–water partition coefficient (Wildman–Crippen LogP) is 0.217. The Hall–Kier alpha value is -0.610. The molecule has 0 aromatic heterocycles. The summed E-state index contributed by atoms with van der Waals surface area (Å²) in [4.78, 5) is 13.4. The van der Waals surface area contributed by atoms with Crippen molar-refractivity contribution in [2.45, 2.75) is 32.9 Å². The summed E-state index contributed by atoms with van der Waals surface area (Å²) >= 11 is 0. The maximum absolute atomic E-state index is 11.6. The highest BCUT2D eigenvalue weighted by atomic mass is 16.5. The van der Waals surface area contributed by atoms with E-state index < -0.39 is 6.04 Å². The molecule has 1 unspecified atom stereocenters. The van der Waals surface area contributed by atoms with Crippen molar-refractivity contribution in [3.8, 4) is 0 Å². The summed E-state index contributed by atoms with van der Waals surface area (Å²) in [6, 6.07) is -0.340. The minimum atomic E-state index is -0.535. The molecule has 0 fully saturated rings. The number of likely N-dealkylation sites (N-methyl/N-ethyl adjacent to an activating group) is 1. The van der Waals surface area contributed by atoms with E-state index in [1.165, 1.54) is 0 Å². The van der Waals surface area contributed by atoms with Crippen LogP contribution in [0.2, 0.25) is 0 Å². The maximum atomic E-state index is 11.6. The van der Waals surface area contributed by atoms with Crippen molar-refractivity contribution < 1.29 is 9.53 Å². The monoisotopic (exact) mass is 188 g/mol. The molecule has 1 atom stereocenters. The Bertz CT molecular complexity index is 160. The molecular formula is C9H20N2O2. The van der Waals surface area contributed by atoms with Crippen LogP contribution in [0, 0.1) is 0 Å². The summed E-state index contributed by atoms with van der Waals surface area (Å²) in [5.74, 6) is -0.0423. The number of nitrogens with zero attached hydrogens (tertiary/aromatic N) is 1. The lowest BCUT2D eigenvalue weighted by Gasteiger charge is -2.27. The average Bonchev–Trinajstić information content (AvgIpc) is 2.05. The zero-order chi connectivity index (χ0) is 10.4. The van der Waals surface area contributed by atoms with E-state index >= 15 is 0 Å². The molecule has 1 amide bonds. The van der Waals surface area contributed by atoms with Gasteiger partial charge in [0, 0.05) is 19.7 Å². The topological polar surface area (TPSA) is 55.6 Å². The van der Waals surface area contributed by atoms with E-state index in [0.717, 1.165) is 0 Å². The van der Waals surface area contributed by atoms with Gasteiger partial charge in [-0.25, -0.2) is 0 Å². The highest BCUT2D eigenvalue weighted by Gasteiger charge is 2.21.